The Morgan fingerprint density at radius 2 is 2.12 bits per heavy atom. The van der Waals surface area contributed by atoms with Crippen LogP contribution in [-0.2, 0) is 0 Å². The Labute approximate surface area is 99.6 Å². The number of aliphatic imine (C=N–C) groups is 1. The fourth-order valence-corrected chi connectivity index (χ4v) is 2.66. The molecule has 0 saturated carbocycles. The minimum absolute atomic E-state index is 0.163. The van der Waals surface area contributed by atoms with Crippen LogP contribution in [0.3, 0.4) is 0 Å². The molecule has 1 atom stereocenters. The van der Waals surface area contributed by atoms with Crippen molar-refractivity contribution in [2.75, 3.05) is 13.6 Å². The normalized spacial score (nSPS) is 22.8. The van der Waals surface area contributed by atoms with Gasteiger partial charge in [0.15, 0.2) is 5.17 Å². The average molecular weight is 234 g/mol. The van der Waals surface area contributed by atoms with E-state index < -0.39 is 0 Å². The smallest absolute Gasteiger partial charge is 0.279 e. The summed E-state index contributed by atoms with van der Waals surface area (Å²) in [5.74, 6) is -0.163. The third-order valence-corrected chi connectivity index (χ3v) is 3.55. The van der Waals surface area contributed by atoms with Gasteiger partial charge in [0.1, 0.15) is 0 Å². The van der Waals surface area contributed by atoms with E-state index in [4.69, 9.17) is 0 Å². The van der Waals surface area contributed by atoms with E-state index in [0.29, 0.717) is 10.8 Å². The Balaban J connectivity index is 2.16. The van der Waals surface area contributed by atoms with Gasteiger partial charge >= 0.3 is 0 Å². The van der Waals surface area contributed by atoms with Crippen LogP contribution in [0.4, 0.5) is 0 Å². The molecule has 1 aromatic rings. The first kappa shape index (κ1) is 11.2. The first-order chi connectivity index (χ1) is 7.66. The van der Waals surface area contributed by atoms with Gasteiger partial charge in [-0.2, -0.15) is 4.99 Å². The van der Waals surface area contributed by atoms with Crippen molar-refractivity contribution < 1.29 is 4.79 Å². The molecule has 1 fully saturated rings. The molecule has 84 valence electrons. The maximum absolute atomic E-state index is 11.8. The molecule has 0 aliphatic carbocycles. The molecule has 2 rings (SSSR count). The Hall–Kier alpha value is -1.29. The molecule has 4 heteroatoms. The first-order valence-electron chi connectivity index (χ1n) is 5.22. The topological polar surface area (TPSA) is 32.7 Å². The third-order valence-electron chi connectivity index (χ3n) is 2.38. The number of amidine groups is 1. The fourth-order valence-electron chi connectivity index (χ4n) is 1.61. The summed E-state index contributed by atoms with van der Waals surface area (Å²) in [6.45, 7) is 3.09. The van der Waals surface area contributed by atoms with E-state index in [1.807, 2.05) is 30.1 Å². The van der Waals surface area contributed by atoms with Crippen LogP contribution in [0.25, 0.3) is 0 Å². The summed E-state index contributed by atoms with van der Waals surface area (Å²) in [4.78, 5) is 18.0. The Kier molecular flexibility index (Phi) is 3.29. The molecular formula is C12H14N2OS. The number of thioether (sulfide) groups is 1. The van der Waals surface area contributed by atoms with Gasteiger partial charge in [0, 0.05) is 24.4 Å². The first-order valence-corrected chi connectivity index (χ1v) is 6.10. The number of hydrogen-bond acceptors (Lipinski definition) is 2. The molecular weight excluding hydrogens is 220 g/mol. The predicted molar refractivity (Wildman–Crippen MR) is 67.9 cm³/mol. The quantitative estimate of drug-likeness (QED) is 0.747. The second kappa shape index (κ2) is 4.70. The molecule has 1 heterocycles. The number of amides is 1. The Morgan fingerprint density at radius 1 is 1.44 bits per heavy atom. The maximum atomic E-state index is 11.8. The zero-order chi connectivity index (χ0) is 11.5. The summed E-state index contributed by atoms with van der Waals surface area (Å²) < 4.78 is 0. The minimum atomic E-state index is -0.163. The van der Waals surface area contributed by atoms with Crippen molar-refractivity contribution in [3.63, 3.8) is 0 Å². The van der Waals surface area contributed by atoms with Crippen LogP contribution < -0.4 is 0 Å². The summed E-state index contributed by atoms with van der Waals surface area (Å²) in [6.07, 6.45) is 0. The van der Waals surface area contributed by atoms with Gasteiger partial charge in [-0.05, 0) is 12.1 Å². The van der Waals surface area contributed by atoms with E-state index in [-0.39, 0.29) is 5.91 Å². The summed E-state index contributed by atoms with van der Waals surface area (Å²) in [7, 11) is 1.97. The van der Waals surface area contributed by atoms with Crippen LogP contribution in [0.5, 0.6) is 0 Å². The molecule has 0 spiro atoms. The molecule has 0 aromatic heterocycles. The van der Waals surface area contributed by atoms with Gasteiger partial charge in [0.05, 0.1) is 0 Å². The lowest BCUT2D eigenvalue weighted by atomic mass is 10.2. The Morgan fingerprint density at radius 3 is 2.69 bits per heavy atom. The van der Waals surface area contributed by atoms with Crippen LogP contribution in [0.2, 0.25) is 0 Å². The number of nitrogens with zero attached hydrogens (tertiary/aromatic N) is 2. The van der Waals surface area contributed by atoms with Gasteiger partial charge in [-0.1, -0.05) is 36.9 Å². The molecule has 1 aliphatic rings. The van der Waals surface area contributed by atoms with Crippen LogP contribution in [0.15, 0.2) is 35.3 Å². The summed E-state index contributed by atoms with van der Waals surface area (Å²) in [5, 5.41) is 1.33. The number of rotatable bonds is 1. The molecule has 1 saturated heterocycles. The lowest BCUT2D eigenvalue weighted by Gasteiger charge is -2.08. The zero-order valence-corrected chi connectivity index (χ0v) is 10.2. The SMILES string of the molecule is C[C@H]1CN(C)C(=NC(=O)c2ccccc2)S1. The lowest BCUT2D eigenvalue weighted by Crippen LogP contribution is -2.20. The highest BCUT2D eigenvalue weighted by Crippen LogP contribution is 2.24. The summed E-state index contributed by atoms with van der Waals surface area (Å²) >= 11 is 1.65. The van der Waals surface area contributed by atoms with Crippen LogP contribution in [0, 0.1) is 0 Å². The third kappa shape index (κ3) is 2.44. The van der Waals surface area contributed by atoms with Crippen molar-refractivity contribution in [3.05, 3.63) is 35.9 Å². The number of carbonyl (C=O) groups is 1. The van der Waals surface area contributed by atoms with Crippen molar-refractivity contribution >= 4 is 22.8 Å². The second-order valence-electron chi connectivity index (χ2n) is 3.87. The monoisotopic (exact) mass is 234 g/mol. The van der Waals surface area contributed by atoms with Crippen molar-refractivity contribution in [1.29, 1.82) is 0 Å². The minimum Gasteiger partial charge on any atom is -0.353 e. The molecule has 0 N–H and O–H groups in total. The van der Waals surface area contributed by atoms with E-state index in [2.05, 4.69) is 11.9 Å². The highest BCUT2D eigenvalue weighted by Gasteiger charge is 2.23. The molecule has 3 nitrogen and oxygen atoms in total. The highest BCUT2D eigenvalue weighted by atomic mass is 32.2. The molecule has 1 aliphatic heterocycles. The highest BCUT2D eigenvalue weighted by molar-refractivity contribution is 8.14. The van der Waals surface area contributed by atoms with E-state index in [1.54, 1.807) is 23.9 Å². The molecule has 1 aromatic carbocycles. The second-order valence-corrected chi connectivity index (χ2v) is 5.28. The van der Waals surface area contributed by atoms with Gasteiger partial charge in [-0.25, -0.2) is 0 Å². The van der Waals surface area contributed by atoms with Gasteiger partial charge in [0.25, 0.3) is 5.91 Å². The number of benzene rings is 1. The van der Waals surface area contributed by atoms with Crippen LogP contribution in [-0.4, -0.2) is 34.8 Å². The molecule has 0 unspecified atom stereocenters. The van der Waals surface area contributed by atoms with Gasteiger partial charge < -0.3 is 4.90 Å². The zero-order valence-electron chi connectivity index (χ0n) is 9.38. The van der Waals surface area contributed by atoms with Gasteiger partial charge in [0.2, 0.25) is 0 Å². The van der Waals surface area contributed by atoms with E-state index in [0.717, 1.165) is 11.7 Å². The van der Waals surface area contributed by atoms with Crippen molar-refractivity contribution in [3.8, 4) is 0 Å². The van der Waals surface area contributed by atoms with Crippen molar-refractivity contribution in [2.24, 2.45) is 4.99 Å². The standard InChI is InChI=1S/C12H14N2OS/c1-9-8-14(2)12(16-9)13-11(15)10-6-4-3-5-7-10/h3-7,9H,8H2,1-2H3/t9-/m0/s1. The van der Waals surface area contributed by atoms with Crippen LogP contribution in [0.1, 0.15) is 17.3 Å². The van der Waals surface area contributed by atoms with Gasteiger partial charge in [-0.15, -0.1) is 0 Å². The number of hydrogen-bond donors (Lipinski definition) is 0. The predicted octanol–water partition coefficient (Wildman–Crippen LogP) is 2.25. The van der Waals surface area contributed by atoms with E-state index in [1.165, 1.54) is 0 Å². The maximum Gasteiger partial charge on any atom is 0.279 e. The largest absolute Gasteiger partial charge is 0.353 e. The lowest BCUT2D eigenvalue weighted by molar-refractivity contribution is 0.100. The fraction of sp³-hybridized carbons (Fsp3) is 0.333. The molecule has 0 bridgehead atoms. The van der Waals surface area contributed by atoms with Gasteiger partial charge in [-0.3, -0.25) is 4.79 Å². The van der Waals surface area contributed by atoms with E-state index in [9.17, 15) is 4.79 Å². The molecule has 16 heavy (non-hydrogen) atoms. The summed E-state index contributed by atoms with van der Waals surface area (Å²) in [5.41, 5.74) is 0.642. The number of carbonyl (C=O) groups excluding carboxylic acids is 1. The summed E-state index contributed by atoms with van der Waals surface area (Å²) in [6, 6.07) is 9.16. The van der Waals surface area contributed by atoms with E-state index >= 15 is 0 Å². The Bertz CT molecular complexity index is 416. The average Bonchev–Trinajstić information content (AvgIpc) is 2.59. The van der Waals surface area contributed by atoms with Crippen molar-refractivity contribution in [1.82, 2.24) is 4.90 Å². The van der Waals surface area contributed by atoms with Crippen molar-refractivity contribution in [2.45, 2.75) is 12.2 Å². The molecule has 1 amide bonds. The van der Waals surface area contributed by atoms with Crippen LogP contribution >= 0.6 is 11.8 Å². The molecule has 0 radical (unpaired) electrons.